The third kappa shape index (κ3) is 9.52. The number of allylic oxidation sites excluding steroid dienone is 2. The maximum Gasteiger partial charge on any atom is 0.155 e. The van der Waals surface area contributed by atoms with Crippen LogP contribution in [0.4, 0.5) is 5.69 Å². The van der Waals surface area contributed by atoms with Gasteiger partial charge in [-0.05, 0) is 152 Å². The summed E-state index contributed by atoms with van der Waals surface area (Å²) in [5.41, 5.74) is 9.25. The van der Waals surface area contributed by atoms with Gasteiger partial charge in [0.05, 0.1) is 12.2 Å². The number of carbonyl (C=O) groups excluding carboxylic acids is 1. The van der Waals surface area contributed by atoms with Crippen molar-refractivity contribution in [3.63, 3.8) is 0 Å². The highest BCUT2D eigenvalue weighted by Gasteiger charge is 2.64. The topological polar surface area (TPSA) is 73.2 Å². The van der Waals surface area contributed by atoms with E-state index < -0.39 is 5.60 Å². The number of hydrogen-bond acceptors (Lipinski definition) is 6. The van der Waals surface area contributed by atoms with Gasteiger partial charge in [0, 0.05) is 38.2 Å². The fraction of sp³-hybridized carbons (Fsp3) is 0.436. The highest BCUT2D eigenvalue weighted by atomic mass is 16.5. The van der Waals surface area contributed by atoms with Crippen molar-refractivity contribution in [2.75, 3.05) is 52.8 Å². The molecule has 4 aliphatic carbocycles. The number of fused-ring (bicyclic) bond motifs is 5. The average Bonchev–Trinajstić information content (AvgIpc) is 3.54. The Balaban J connectivity index is 0.000000187. The second kappa shape index (κ2) is 19.5. The monoisotopic (exact) mass is 821 g/mol. The molecule has 7 atom stereocenters. The molecular weight excluding hydrogens is 753 g/mol. The number of nitrogens with zero attached hydrogens (tertiary/aromatic N) is 2. The Kier molecular flexibility index (Phi) is 14.2. The van der Waals surface area contributed by atoms with Gasteiger partial charge in [-0.1, -0.05) is 117 Å². The smallest absolute Gasteiger partial charge is 0.155 e. The van der Waals surface area contributed by atoms with Crippen LogP contribution in [0.5, 0.6) is 5.75 Å². The first-order chi connectivity index (χ1) is 29.5. The van der Waals surface area contributed by atoms with E-state index in [0.717, 1.165) is 57.2 Å². The normalized spacial score (nSPS) is 27.3. The lowest BCUT2D eigenvalue weighted by Crippen LogP contribution is -2.54. The first kappa shape index (κ1) is 44.3. The van der Waals surface area contributed by atoms with Crippen molar-refractivity contribution in [2.45, 2.75) is 76.7 Å². The minimum absolute atomic E-state index is 0.0329. The largest absolute Gasteiger partial charge is 0.492 e. The van der Waals surface area contributed by atoms with E-state index >= 15 is 0 Å². The molecule has 4 aromatic carbocycles. The molecule has 6 heteroatoms. The van der Waals surface area contributed by atoms with Gasteiger partial charge in [0.1, 0.15) is 12.4 Å². The molecule has 0 radical (unpaired) electrons. The highest BCUT2D eigenvalue weighted by molar-refractivity contribution is 5.98. The Hall–Kier alpha value is -4.75. The Morgan fingerprint density at radius 3 is 2.08 bits per heavy atom. The molecule has 0 unspecified atom stereocenters. The number of ketones is 1. The molecule has 61 heavy (non-hydrogen) atoms. The fourth-order valence-corrected chi connectivity index (χ4v) is 11.6. The number of carbonyl (C=O) groups is 1. The summed E-state index contributed by atoms with van der Waals surface area (Å²) in [7, 11) is 8.25. The van der Waals surface area contributed by atoms with Crippen LogP contribution in [0.15, 0.2) is 133 Å². The molecule has 0 aliphatic heterocycles. The molecule has 0 bridgehead atoms. The van der Waals surface area contributed by atoms with Crippen LogP contribution in [0.2, 0.25) is 0 Å². The van der Waals surface area contributed by atoms with Crippen molar-refractivity contribution >= 4 is 22.6 Å². The molecule has 3 saturated carbocycles. The number of aliphatic hydroxyl groups is 2. The molecule has 0 saturated heterocycles. The fourth-order valence-electron chi connectivity index (χ4n) is 11.6. The summed E-state index contributed by atoms with van der Waals surface area (Å²) < 4.78 is 5.87. The Morgan fingerprint density at radius 1 is 0.803 bits per heavy atom. The van der Waals surface area contributed by atoms with Gasteiger partial charge in [-0.15, -0.1) is 0 Å². The molecular formula is C55H68N2O4. The van der Waals surface area contributed by atoms with Gasteiger partial charge in [-0.2, -0.15) is 0 Å². The highest BCUT2D eigenvalue weighted by Crippen LogP contribution is 2.68. The number of benzene rings is 4. The van der Waals surface area contributed by atoms with Crippen molar-refractivity contribution < 1.29 is 19.7 Å². The van der Waals surface area contributed by atoms with Gasteiger partial charge in [0.2, 0.25) is 0 Å². The zero-order valence-electron chi connectivity index (χ0n) is 37.4. The molecule has 0 amide bonds. The second-order valence-corrected chi connectivity index (χ2v) is 18.6. The second-order valence-electron chi connectivity index (χ2n) is 18.6. The van der Waals surface area contributed by atoms with Crippen LogP contribution in [0.3, 0.4) is 0 Å². The van der Waals surface area contributed by atoms with Crippen LogP contribution in [0.25, 0.3) is 11.1 Å². The van der Waals surface area contributed by atoms with E-state index in [9.17, 15) is 15.0 Å². The molecule has 2 N–H and O–H groups in total. The quantitative estimate of drug-likeness (QED) is 0.110. The summed E-state index contributed by atoms with van der Waals surface area (Å²) >= 11 is 0. The lowest BCUT2D eigenvalue weighted by atomic mass is 9.46. The van der Waals surface area contributed by atoms with E-state index in [1.165, 1.54) is 44.7 Å². The summed E-state index contributed by atoms with van der Waals surface area (Å²) in [6, 6.07) is 38.8. The van der Waals surface area contributed by atoms with Gasteiger partial charge in [-0.25, -0.2) is 0 Å². The summed E-state index contributed by atoms with van der Waals surface area (Å²) in [6.45, 7) is 6.10. The molecule has 4 aromatic rings. The van der Waals surface area contributed by atoms with Crippen LogP contribution in [0.1, 0.15) is 93.4 Å². The Morgan fingerprint density at radius 2 is 1.46 bits per heavy atom. The van der Waals surface area contributed by atoms with E-state index in [2.05, 4.69) is 161 Å². The van der Waals surface area contributed by atoms with Gasteiger partial charge in [0.15, 0.2) is 5.78 Å². The first-order valence-electron chi connectivity index (χ1n) is 22.7. The molecule has 8 rings (SSSR count). The van der Waals surface area contributed by atoms with Crippen LogP contribution in [0, 0.1) is 29.1 Å². The Labute approximate surface area is 365 Å². The SMILES string of the molecule is CC/C(=C(\c1ccccc1)c1ccc(OCCN(C)C)cc1)c1ccccc1.CN(C)c1ccc([C@H]2C[C@@]3(C)[C@@H](CC[C@@]3(O)/C=C\CO)[C@@H]3CCC4=CC(=O)CC[C@@H]4[C@H]32)cc1. The maximum absolute atomic E-state index is 12.2. The predicted molar refractivity (Wildman–Crippen MR) is 252 cm³/mol. The van der Waals surface area contributed by atoms with Gasteiger partial charge in [-0.3, -0.25) is 4.79 Å². The summed E-state index contributed by atoms with van der Waals surface area (Å²) in [6.07, 6.45) is 13.1. The molecule has 322 valence electrons. The minimum Gasteiger partial charge on any atom is -0.492 e. The number of aliphatic hydroxyl groups excluding tert-OH is 1. The van der Waals surface area contributed by atoms with E-state index in [-0.39, 0.29) is 12.0 Å². The average molecular weight is 821 g/mol. The molecule has 6 nitrogen and oxygen atoms in total. The summed E-state index contributed by atoms with van der Waals surface area (Å²) in [4.78, 5) is 16.5. The number of anilines is 1. The molecule has 3 fully saturated rings. The van der Waals surface area contributed by atoms with Crippen LogP contribution in [-0.2, 0) is 4.79 Å². The molecule has 0 aromatic heterocycles. The summed E-state index contributed by atoms with van der Waals surface area (Å²) in [5.74, 6) is 3.65. The van der Waals surface area contributed by atoms with Crippen LogP contribution >= 0.6 is 0 Å². The van der Waals surface area contributed by atoms with E-state index in [0.29, 0.717) is 48.4 Å². The zero-order chi connectivity index (χ0) is 43.1. The third-order valence-corrected chi connectivity index (χ3v) is 14.6. The summed E-state index contributed by atoms with van der Waals surface area (Å²) in [5, 5.41) is 21.3. The number of hydrogen-bond donors (Lipinski definition) is 2. The van der Waals surface area contributed by atoms with Crippen molar-refractivity contribution in [2.24, 2.45) is 29.1 Å². The van der Waals surface area contributed by atoms with E-state index in [4.69, 9.17) is 4.74 Å². The number of ether oxygens (including phenoxy) is 1. The molecule has 0 spiro atoms. The number of rotatable bonds is 12. The lowest BCUT2D eigenvalue weighted by Gasteiger charge is -2.58. The van der Waals surface area contributed by atoms with Crippen molar-refractivity contribution in [1.82, 2.24) is 4.90 Å². The maximum atomic E-state index is 12.2. The third-order valence-electron chi connectivity index (χ3n) is 14.6. The Bertz CT molecular complexity index is 2160. The first-order valence-corrected chi connectivity index (χ1v) is 22.7. The van der Waals surface area contributed by atoms with E-state index in [1.807, 2.05) is 12.2 Å². The molecule has 0 heterocycles. The minimum atomic E-state index is -0.869. The standard InChI is InChI=1S/C29H39NO3.C26H29NO/c1-28-18-25(19-5-8-21(9-6-19)30(2)3)27-23-12-10-22(32)17-20(23)7-11-24(27)26(28)13-15-29(28,33)14-4-16-31;1-4-25(21-11-7-5-8-12-21)26(22-13-9-6-10-14-22)23-15-17-24(18-16-23)28-20-19-27(2)3/h4-6,8-9,14,17,23-27,31,33H,7,10-13,15-16,18H2,1-3H3;5-18H,4,19-20H2,1-3H3/b14-4-;26-25-/t23-,24-,25+,26-,27+,28-,29-;/m0./s1. The van der Waals surface area contributed by atoms with Gasteiger partial charge >= 0.3 is 0 Å². The van der Waals surface area contributed by atoms with Gasteiger partial charge < -0.3 is 24.7 Å². The van der Waals surface area contributed by atoms with Crippen molar-refractivity contribution in [3.8, 4) is 5.75 Å². The van der Waals surface area contributed by atoms with Crippen molar-refractivity contribution in [1.29, 1.82) is 0 Å². The number of likely N-dealkylation sites (N-methyl/N-ethyl adjacent to an activating group) is 1. The lowest BCUT2D eigenvalue weighted by molar-refractivity contribution is -0.117. The zero-order valence-corrected chi connectivity index (χ0v) is 37.4. The van der Waals surface area contributed by atoms with Gasteiger partial charge in [0.25, 0.3) is 0 Å². The van der Waals surface area contributed by atoms with Crippen LogP contribution < -0.4 is 9.64 Å². The van der Waals surface area contributed by atoms with Crippen LogP contribution in [-0.4, -0.2) is 74.4 Å². The van der Waals surface area contributed by atoms with Crippen molar-refractivity contribution in [3.05, 3.63) is 155 Å². The predicted octanol–water partition coefficient (Wildman–Crippen LogP) is 10.9. The van der Waals surface area contributed by atoms with E-state index in [1.54, 1.807) is 6.08 Å². The molecule has 4 aliphatic rings.